The van der Waals surface area contributed by atoms with Gasteiger partial charge in [-0.3, -0.25) is 9.80 Å². The minimum Gasteiger partial charge on any atom is -0.392 e. The molecule has 1 heterocycles. The van der Waals surface area contributed by atoms with Gasteiger partial charge >= 0.3 is 0 Å². The van der Waals surface area contributed by atoms with Crippen molar-refractivity contribution in [3.05, 3.63) is 0 Å². The molecule has 0 amide bonds. The number of β-amino-alcohol motifs (C(OH)–C–C–N with tert-alkyl or cyclic N) is 2. The number of rotatable bonds is 4. The van der Waals surface area contributed by atoms with Crippen LogP contribution in [0.5, 0.6) is 0 Å². The molecule has 0 bridgehead atoms. The van der Waals surface area contributed by atoms with Crippen LogP contribution in [0.25, 0.3) is 0 Å². The van der Waals surface area contributed by atoms with Crippen LogP contribution in [-0.2, 0) is 0 Å². The van der Waals surface area contributed by atoms with Crippen LogP contribution in [0.15, 0.2) is 0 Å². The van der Waals surface area contributed by atoms with E-state index in [-0.39, 0.29) is 6.10 Å². The molecular weight excluding hydrogens is 192 g/mol. The minimum absolute atomic E-state index is 0.245. The molecule has 1 aliphatic rings. The molecule has 1 aliphatic heterocycles. The van der Waals surface area contributed by atoms with Crippen LogP contribution in [-0.4, -0.2) is 71.0 Å². The normalized spacial score (nSPS) is 23.0. The fourth-order valence-electron chi connectivity index (χ4n) is 2.05. The number of piperazine rings is 1. The topological polar surface area (TPSA) is 46.9 Å². The number of nitrogens with zero attached hydrogens (tertiary/aromatic N) is 2. The lowest BCUT2D eigenvalue weighted by Gasteiger charge is -2.37. The molecule has 1 atom stereocenters. The van der Waals surface area contributed by atoms with Gasteiger partial charge in [0.2, 0.25) is 0 Å². The summed E-state index contributed by atoms with van der Waals surface area (Å²) < 4.78 is 0. The molecule has 1 unspecified atom stereocenters. The Bertz CT molecular complexity index is 182. The fraction of sp³-hybridized carbons (Fsp3) is 1.00. The zero-order valence-corrected chi connectivity index (χ0v) is 10.1. The first-order valence-electron chi connectivity index (χ1n) is 5.72. The molecule has 0 spiro atoms. The second-order valence-corrected chi connectivity index (χ2v) is 5.24. The summed E-state index contributed by atoms with van der Waals surface area (Å²) in [7, 11) is 0. The molecule has 1 fully saturated rings. The number of hydrogen-bond acceptors (Lipinski definition) is 4. The van der Waals surface area contributed by atoms with E-state index in [1.807, 2.05) is 20.8 Å². The highest BCUT2D eigenvalue weighted by molar-refractivity contribution is 4.78. The van der Waals surface area contributed by atoms with E-state index in [9.17, 15) is 10.2 Å². The second kappa shape index (κ2) is 5.25. The van der Waals surface area contributed by atoms with Gasteiger partial charge < -0.3 is 10.2 Å². The molecule has 0 aromatic rings. The maximum atomic E-state index is 9.69. The molecule has 0 aromatic heterocycles. The summed E-state index contributed by atoms with van der Waals surface area (Å²) in [6.07, 6.45) is -0.245. The van der Waals surface area contributed by atoms with Gasteiger partial charge in [-0.25, -0.2) is 0 Å². The molecule has 2 N–H and O–H groups in total. The zero-order chi connectivity index (χ0) is 11.5. The van der Waals surface area contributed by atoms with E-state index in [2.05, 4.69) is 9.80 Å². The summed E-state index contributed by atoms with van der Waals surface area (Å²) in [4.78, 5) is 4.55. The van der Waals surface area contributed by atoms with Crippen molar-refractivity contribution in [1.29, 1.82) is 0 Å². The highest BCUT2D eigenvalue weighted by Crippen LogP contribution is 2.08. The molecule has 1 rings (SSSR count). The van der Waals surface area contributed by atoms with Crippen LogP contribution in [0.1, 0.15) is 20.8 Å². The molecule has 4 heteroatoms. The summed E-state index contributed by atoms with van der Waals surface area (Å²) in [5.74, 6) is 0. The molecule has 0 saturated carbocycles. The number of hydrogen-bond donors (Lipinski definition) is 2. The van der Waals surface area contributed by atoms with Gasteiger partial charge in [-0.05, 0) is 20.8 Å². The van der Waals surface area contributed by atoms with Gasteiger partial charge in [0.1, 0.15) is 0 Å². The number of aliphatic hydroxyl groups excluding tert-OH is 1. The fourth-order valence-corrected chi connectivity index (χ4v) is 2.05. The highest BCUT2D eigenvalue weighted by atomic mass is 16.3. The Morgan fingerprint density at radius 3 is 2.00 bits per heavy atom. The standard InChI is InChI=1S/C11H24N2O2/c1-10(14)8-12-4-6-13(7-5-12)9-11(2,3)15/h10,14-15H,4-9H2,1-3H3. The van der Waals surface area contributed by atoms with E-state index in [1.54, 1.807) is 0 Å². The van der Waals surface area contributed by atoms with Crippen LogP contribution in [0.3, 0.4) is 0 Å². The Balaban J connectivity index is 2.24. The molecular formula is C11H24N2O2. The Kier molecular flexibility index (Phi) is 4.52. The lowest BCUT2D eigenvalue weighted by molar-refractivity contribution is 0.0114. The Labute approximate surface area is 92.5 Å². The average molecular weight is 216 g/mol. The van der Waals surface area contributed by atoms with Gasteiger partial charge in [-0.1, -0.05) is 0 Å². The van der Waals surface area contributed by atoms with E-state index in [4.69, 9.17) is 0 Å². The maximum Gasteiger partial charge on any atom is 0.0718 e. The van der Waals surface area contributed by atoms with Gasteiger partial charge in [-0.2, -0.15) is 0 Å². The van der Waals surface area contributed by atoms with Crippen LogP contribution < -0.4 is 0 Å². The third-order valence-corrected chi connectivity index (χ3v) is 2.60. The van der Waals surface area contributed by atoms with Gasteiger partial charge in [0.25, 0.3) is 0 Å². The predicted octanol–water partition coefficient (Wildman–Crippen LogP) is -0.244. The molecule has 0 aliphatic carbocycles. The van der Waals surface area contributed by atoms with Crippen molar-refractivity contribution in [1.82, 2.24) is 9.80 Å². The smallest absolute Gasteiger partial charge is 0.0718 e. The van der Waals surface area contributed by atoms with Crippen molar-refractivity contribution in [3.8, 4) is 0 Å². The van der Waals surface area contributed by atoms with Crippen LogP contribution in [0.2, 0.25) is 0 Å². The summed E-state index contributed by atoms with van der Waals surface area (Å²) in [5, 5.41) is 18.9. The van der Waals surface area contributed by atoms with Crippen LogP contribution in [0, 0.1) is 0 Å². The molecule has 1 saturated heterocycles. The van der Waals surface area contributed by atoms with Crippen molar-refractivity contribution in [2.75, 3.05) is 39.3 Å². The van der Waals surface area contributed by atoms with E-state index >= 15 is 0 Å². The summed E-state index contributed by atoms with van der Waals surface area (Å²) in [5.41, 5.74) is -0.605. The first-order valence-corrected chi connectivity index (χ1v) is 5.72. The van der Waals surface area contributed by atoms with Crippen molar-refractivity contribution in [3.63, 3.8) is 0 Å². The SMILES string of the molecule is CC(O)CN1CCN(CC(C)(C)O)CC1. The Hall–Kier alpha value is -0.160. The first kappa shape index (κ1) is 12.9. The number of aliphatic hydroxyl groups is 2. The summed E-state index contributed by atoms with van der Waals surface area (Å²) >= 11 is 0. The predicted molar refractivity (Wildman–Crippen MR) is 60.9 cm³/mol. The Morgan fingerprint density at radius 1 is 1.13 bits per heavy atom. The highest BCUT2D eigenvalue weighted by Gasteiger charge is 2.22. The summed E-state index contributed by atoms with van der Waals surface area (Å²) in [6.45, 7) is 10.9. The minimum atomic E-state index is -0.605. The molecule has 0 radical (unpaired) electrons. The van der Waals surface area contributed by atoms with Gasteiger partial charge in [-0.15, -0.1) is 0 Å². The molecule has 4 nitrogen and oxygen atoms in total. The third-order valence-electron chi connectivity index (χ3n) is 2.60. The molecule has 15 heavy (non-hydrogen) atoms. The lowest BCUT2D eigenvalue weighted by Crippen LogP contribution is -2.51. The zero-order valence-electron chi connectivity index (χ0n) is 10.1. The first-order chi connectivity index (χ1) is 6.87. The van der Waals surface area contributed by atoms with E-state index in [0.717, 1.165) is 39.3 Å². The monoisotopic (exact) mass is 216 g/mol. The maximum absolute atomic E-state index is 9.69. The third kappa shape index (κ3) is 5.47. The van der Waals surface area contributed by atoms with Gasteiger partial charge in [0, 0.05) is 39.3 Å². The van der Waals surface area contributed by atoms with Crippen molar-refractivity contribution >= 4 is 0 Å². The van der Waals surface area contributed by atoms with Crippen LogP contribution in [0.4, 0.5) is 0 Å². The second-order valence-electron chi connectivity index (χ2n) is 5.24. The quantitative estimate of drug-likeness (QED) is 0.681. The van der Waals surface area contributed by atoms with Crippen LogP contribution >= 0.6 is 0 Å². The van der Waals surface area contributed by atoms with Crippen molar-refractivity contribution in [2.24, 2.45) is 0 Å². The van der Waals surface area contributed by atoms with Gasteiger partial charge in [0.15, 0.2) is 0 Å². The van der Waals surface area contributed by atoms with Crippen molar-refractivity contribution < 1.29 is 10.2 Å². The largest absolute Gasteiger partial charge is 0.392 e. The van der Waals surface area contributed by atoms with E-state index < -0.39 is 5.60 Å². The molecule has 90 valence electrons. The lowest BCUT2D eigenvalue weighted by atomic mass is 10.1. The van der Waals surface area contributed by atoms with E-state index in [1.165, 1.54) is 0 Å². The van der Waals surface area contributed by atoms with Crippen molar-refractivity contribution in [2.45, 2.75) is 32.5 Å². The molecule has 0 aromatic carbocycles. The Morgan fingerprint density at radius 2 is 1.60 bits per heavy atom. The van der Waals surface area contributed by atoms with Gasteiger partial charge in [0.05, 0.1) is 11.7 Å². The van der Waals surface area contributed by atoms with E-state index in [0.29, 0.717) is 0 Å². The average Bonchev–Trinajstić information content (AvgIpc) is 2.05. The summed E-state index contributed by atoms with van der Waals surface area (Å²) in [6, 6.07) is 0.